The summed E-state index contributed by atoms with van der Waals surface area (Å²) in [5, 5.41) is 3.93. The molecule has 3 aromatic rings. The lowest BCUT2D eigenvalue weighted by atomic mass is 10.1. The van der Waals surface area contributed by atoms with Crippen LogP contribution in [0.25, 0.3) is 22.5 Å². The van der Waals surface area contributed by atoms with Gasteiger partial charge in [0.25, 0.3) is 0 Å². The minimum atomic E-state index is 0.742. The van der Waals surface area contributed by atoms with Crippen LogP contribution in [0.15, 0.2) is 35.6 Å². The molecule has 0 fully saturated rings. The molecule has 0 amide bonds. The zero-order valence-corrected chi connectivity index (χ0v) is 10.5. The fourth-order valence-corrected chi connectivity index (χ4v) is 1.93. The predicted octanol–water partition coefficient (Wildman–Crippen LogP) is 2.21. The number of hydrogen-bond acceptors (Lipinski definition) is 6. The normalized spacial score (nSPS) is 10.6. The van der Waals surface area contributed by atoms with E-state index in [2.05, 4.69) is 25.1 Å². The smallest absolute Gasteiger partial charge is 0.143 e. The van der Waals surface area contributed by atoms with Crippen molar-refractivity contribution in [2.24, 2.45) is 0 Å². The van der Waals surface area contributed by atoms with Crippen LogP contribution in [-0.2, 0) is 0 Å². The summed E-state index contributed by atoms with van der Waals surface area (Å²) in [7, 11) is 0. The van der Waals surface area contributed by atoms with Crippen LogP contribution in [0.5, 0.6) is 0 Å². The lowest BCUT2D eigenvalue weighted by Gasteiger charge is -2.02. The topological polar surface area (TPSA) is 77.6 Å². The zero-order valence-electron chi connectivity index (χ0n) is 10.5. The van der Waals surface area contributed by atoms with Gasteiger partial charge in [0, 0.05) is 18.0 Å². The third kappa shape index (κ3) is 2.08. The van der Waals surface area contributed by atoms with Crippen LogP contribution >= 0.6 is 0 Å². The summed E-state index contributed by atoms with van der Waals surface area (Å²) in [6.45, 7) is 3.75. The van der Waals surface area contributed by atoms with Crippen molar-refractivity contribution in [1.29, 1.82) is 0 Å². The lowest BCUT2D eigenvalue weighted by molar-refractivity contribution is 0.393. The van der Waals surface area contributed by atoms with Crippen LogP contribution < -0.4 is 0 Å². The van der Waals surface area contributed by atoms with Gasteiger partial charge in [-0.05, 0) is 19.9 Å². The van der Waals surface area contributed by atoms with Gasteiger partial charge in [-0.25, -0.2) is 19.9 Å². The lowest BCUT2D eigenvalue weighted by Crippen LogP contribution is -1.92. The van der Waals surface area contributed by atoms with Gasteiger partial charge in [0.15, 0.2) is 0 Å². The van der Waals surface area contributed by atoms with Crippen molar-refractivity contribution in [2.45, 2.75) is 13.8 Å². The Morgan fingerprint density at radius 2 is 1.68 bits per heavy atom. The highest BCUT2D eigenvalue weighted by atomic mass is 16.5. The Balaban J connectivity index is 2.11. The van der Waals surface area contributed by atoms with Crippen LogP contribution in [0.3, 0.4) is 0 Å². The Labute approximate surface area is 109 Å². The van der Waals surface area contributed by atoms with Gasteiger partial charge in [-0.2, -0.15) is 0 Å². The van der Waals surface area contributed by atoms with E-state index in [1.165, 1.54) is 12.7 Å². The quantitative estimate of drug-likeness (QED) is 0.696. The molecular weight excluding hydrogens is 242 g/mol. The molecule has 0 aliphatic rings. The fourth-order valence-electron chi connectivity index (χ4n) is 1.93. The number of aromatic nitrogens is 5. The molecule has 0 aliphatic heterocycles. The first kappa shape index (κ1) is 11.5. The minimum Gasteiger partial charge on any atom is -0.361 e. The Kier molecular flexibility index (Phi) is 2.75. The van der Waals surface area contributed by atoms with E-state index in [0.29, 0.717) is 0 Å². The van der Waals surface area contributed by atoms with Gasteiger partial charge >= 0.3 is 0 Å². The summed E-state index contributed by atoms with van der Waals surface area (Å²) in [5.41, 5.74) is 4.11. The molecule has 0 saturated heterocycles. The molecule has 0 spiro atoms. The van der Waals surface area contributed by atoms with Gasteiger partial charge < -0.3 is 4.52 Å². The highest BCUT2D eigenvalue weighted by Crippen LogP contribution is 2.27. The molecule has 0 bridgehead atoms. The number of rotatable bonds is 2. The molecule has 0 radical (unpaired) electrons. The summed E-state index contributed by atoms with van der Waals surface area (Å²) < 4.78 is 5.16. The highest BCUT2D eigenvalue weighted by molar-refractivity contribution is 5.68. The average molecular weight is 253 g/mol. The van der Waals surface area contributed by atoms with Gasteiger partial charge in [0.05, 0.1) is 22.6 Å². The predicted molar refractivity (Wildman–Crippen MR) is 68.0 cm³/mol. The number of nitrogens with zero attached hydrogens (tertiary/aromatic N) is 5. The van der Waals surface area contributed by atoms with Crippen LogP contribution in [0.2, 0.25) is 0 Å². The SMILES string of the molecule is Cc1noc(C)c1-c1cc(-c2cncnc2)ncn1. The molecule has 0 atom stereocenters. The van der Waals surface area contributed by atoms with Crippen molar-refractivity contribution in [2.75, 3.05) is 0 Å². The summed E-state index contributed by atoms with van der Waals surface area (Å²) in [6.07, 6.45) is 6.43. The van der Waals surface area contributed by atoms with Crippen molar-refractivity contribution in [3.63, 3.8) is 0 Å². The molecule has 6 nitrogen and oxygen atoms in total. The summed E-state index contributed by atoms with van der Waals surface area (Å²) in [4.78, 5) is 16.5. The van der Waals surface area contributed by atoms with Crippen LogP contribution in [0.1, 0.15) is 11.5 Å². The Morgan fingerprint density at radius 1 is 0.947 bits per heavy atom. The monoisotopic (exact) mass is 253 g/mol. The second kappa shape index (κ2) is 4.56. The number of aryl methyl sites for hydroxylation is 2. The first-order valence-corrected chi connectivity index (χ1v) is 5.76. The first-order chi connectivity index (χ1) is 9.25. The number of hydrogen-bond donors (Lipinski definition) is 0. The first-order valence-electron chi connectivity index (χ1n) is 5.76. The van der Waals surface area contributed by atoms with Gasteiger partial charge in [0.1, 0.15) is 18.4 Å². The Bertz CT molecular complexity index is 689. The largest absolute Gasteiger partial charge is 0.361 e. The molecule has 3 rings (SSSR count). The zero-order chi connectivity index (χ0) is 13.2. The average Bonchev–Trinajstić information content (AvgIpc) is 2.79. The molecule has 94 valence electrons. The standard InChI is InChI=1S/C13H11N5O/c1-8-13(9(2)19-18-8)12-3-11(16-7-17-12)10-4-14-6-15-5-10/h3-7H,1-2H3. The van der Waals surface area contributed by atoms with E-state index in [9.17, 15) is 0 Å². The molecule has 0 aliphatic carbocycles. The van der Waals surface area contributed by atoms with E-state index in [1.807, 2.05) is 19.9 Å². The highest BCUT2D eigenvalue weighted by Gasteiger charge is 2.13. The van der Waals surface area contributed by atoms with Gasteiger partial charge in [0.2, 0.25) is 0 Å². The maximum atomic E-state index is 5.16. The Hall–Kier alpha value is -2.63. The van der Waals surface area contributed by atoms with Crippen LogP contribution in [0.4, 0.5) is 0 Å². The molecule has 6 heteroatoms. The summed E-state index contributed by atoms with van der Waals surface area (Å²) in [5.74, 6) is 0.742. The van der Waals surface area contributed by atoms with Gasteiger partial charge in [-0.3, -0.25) is 0 Å². The van der Waals surface area contributed by atoms with Crippen molar-refractivity contribution in [3.8, 4) is 22.5 Å². The molecule has 0 N–H and O–H groups in total. The molecule has 0 aromatic carbocycles. The molecule has 0 unspecified atom stereocenters. The van der Waals surface area contributed by atoms with Crippen molar-refractivity contribution in [1.82, 2.24) is 25.1 Å². The maximum Gasteiger partial charge on any atom is 0.143 e. The van der Waals surface area contributed by atoms with Crippen LogP contribution in [0, 0.1) is 13.8 Å². The second-order valence-electron chi connectivity index (χ2n) is 4.11. The second-order valence-corrected chi connectivity index (χ2v) is 4.11. The summed E-state index contributed by atoms with van der Waals surface area (Å²) in [6, 6.07) is 1.88. The molecule has 0 saturated carbocycles. The van der Waals surface area contributed by atoms with E-state index in [0.717, 1.165) is 34.0 Å². The van der Waals surface area contributed by atoms with Crippen LogP contribution in [-0.4, -0.2) is 25.1 Å². The molecule has 3 aromatic heterocycles. The van der Waals surface area contributed by atoms with E-state index in [-0.39, 0.29) is 0 Å². The maximum absolute atomic E-state index is 5.16. The van der Waals surface area contributed by atoms with E-state index in [4.69, 9.17) is 4.52 Å². The molecular formula is C13H11N5O. The summed E-state index contributed by atoms with van der Waals surface area (Å²) >= 11 is 0. The van der Waals surface area contributed by atoms with E-state index in [1.54, 1.807) is 12.4 Å². The van der Waals surface area contributed by atoms with E-state index < -0.39 is 0 Å². The van der Waals surface area contributed by atoms with Gasteiger partial charge in [-0.15, -0.1) is 0 Å². The fraction of sp³-hybridized carbons (Fsp3) is 0.154. The third-order valence-corrected chi connectivity index (χ3v) is 2.81. The molecule has 3 heterocycles. The van der Waals surface area contributed by atoms with Crippen molar-refractivity contribution >= 4 is 0 Å². The third-order valence-electron chi connectivity index (χ3n) is 2.81. The molecule has 19 heavy (non-hydrogen) atoms. The minimum absolute atomic E-state index is 0.742. The van der Waals surface area contributed by atoms with Crippen molar-refractivity contribution < 1.29 is 4.52 Å². The van der Waals surface area contributed by atoms with Crippen molar-refractivity contribution in [3.05, 3.63) is 42.6 Å². The van der Waals surface area contributed by atoms with Gasteiger partial charge in [-0.1, -0.05) is 5.16 Å². The van der Waals surface area contributed by atoms with E-state index >= 15 is 0 Å². The Morgan fingerprint density at radius 3 is 2.37 bits per heavy atom.